The van der Waals surface area contributed by atoms with Crippen LogP contribution in [0.2, 0.25) is 10.0 Å². The molecule has 3 rings (SSSR count). The van der Waals surface area contributed by atoms with E-state index in [2.05, 4.69) is 9.71 Å². The first-order valence-electron chi connectivity index (χ1n) is 8.84. The maximum atomic E-state index is 13.5. The zero-order valence-electron chi connectivity index (χ0n) is 16.9. The van der Waals surface area contributed by atoms with Crippen molar-refractivity contribution in [2.24, 2.45) is 0 Å². The number of nitrogens with one attached hydrogen (secondary N) is 1. The molecule has 1 N–H and O–H groups in total. The van der Waals surface area contributed by atoms with E-state index in [9.17, 15) is 12.8 Å². The number of aromatic nitrogens is 1. The number of anilines is 1. The second kappa shape index (κ2) is 7.83. The highest BCUT2D eigenvalue weighted by Gasteiger charge is 2.52. The molecule has 0 unspecified atom stereocenters. The van der Waals surface area contributed by atoms with Crippen molar-refractivity contribution in [1.29, 1.82) is 0 Å². The van der Waals surface area contributed by atoms with Crippen LogP contribution >= 0.6 is 23.2 Å². The van der Waals surface area contributed by atoms with Crippen LogP contribution in [0.25, 0.3) is 0 Å². The van der Waals surface area contributed by atoms with E-state index in [0.717, 1.165) is 12.1 Å². The molecule has 0 amide bonds. The molecule has 0 atom stereocenters. The maximum Gasteiger partial charge on any atom is 0.496 e. The minimum Gasteiger partial charge on any atom is -0.480 e. The average molecular weight is 477 g/mol. The molecule has 1 aliphatic rings. The molecule has 1 aromatic heterocycles. The summed E-state index contributed by atoms with van der Waals surface area (Å²) >= 11 is 11.9. The Balaban J connectivity index is 2.00. The minimum absolute atomic E-state index is 0.00759. The summed E-state index contributed by atoms with van der Waals surface area (Å²) < 4.78 is 58.7. The van der Waals surface area contributed by atoms with Gasteiger partial charge in [-0.1, -0.05) is 23.2 Å². The van der Waals surface area contributed by atoms with Gasteiger partial charge in [-0.25, -0.2) is 17.8 Å². The number of ether oxygens (including phenoxy) is 1. The van der Waals surface area contributed by atoms with Gasteiger partial charge in [-0.2, -0.15) is 0 Å². The third-order valence-corrected chi connectivity index (χ3v) is 7.35. The number of nitrogens with zero attached hydrogens (tertiary/aromatic N) is 1. The summed E-state index contributed by atoms with van der Waals surface area (Å²) in [5, 5.41) is -0.719. The van der Waals surface area contributed by atoms with Crippen LogP contribution in [0.3, 0.4) is 0 Å². The van der Waals surface area contributed by atoms with E-state index in [0.29, 0.717) is 5.46 Å². The van der Waals surface area contributed by atoms with Crippen LogP contribution in [0.1, 0.15) is 27.7 Å². The standard InChI is InChI=1S/C18H20BCl2FN2O5S/c1-17(2)18(3,4)29-19(28-17)10-6-14(16(27-5)23-9-10)24-30(25,26)15-12(20)7-11(22)8-13(15)21/h6-9,24H,1-5H3. The summed E-state index contributed by atoms with van der Waals surface area (Å²) in [6, 6.07) is 3.20. The van der Waals surface area contributed by atoms with Gasteiger partial charge in [0.15, 0.2) is 0 Å². The number of rotatable bonds is 5. The van der Waals surface area contributed by atoms with Crippen LogP contribution in [0, 0.1) is 5.82 Å². The Morgan fingerprint density at radius 1 is 1.10 bits per heavy atom. The molecule has 0 aliphatic carbocycles. The van der Waals surface area contributed by atoms with Gasteiger partial charge in [-0.05, 0) is 45.9 Å². The smallest absolute Gasteiger partial charge is 0.480 e. The molecule has 0 spiro atoms. The van der Waals surface area contributed by atoms with Gasteiger partial charge in [-0.3, -0.25) is 4.72 Å². The van der Waals surface area contributed by atoms with Gasteiger partial charge in [0.2, 0.25) is 5.88 Å². The van der Waals surface area contributed by atoms with Crippen LogP contribution in [-0.4, -0.2) is 38.8 Å². The molecule has 1 fully saturated rings. The van der Waals surface area contributed by atoms with Crippen molar-refractivity contribution in [3.8, 4) is 5.88 Å². The van der Waals surface area contributed by atoms with Gasteiger partial charge in [-0.15, -0.1) is 0 Å². The van der Waals surface area contributed by atoms with Crippen molar-refractivity contribution in [2.75, 3.05) is 11.8 Å². The predicted molar refractivity (Wildman–Crippen MR) is 114 cm³/mol. The lowest BCUT2D eigenvalue weighted by Gasteiger charge is -2.32. The highest BCUT2D eigenvalue weighted by molar-refractivity contribution is 7.93. The highest BCUT2D eigenvalue weighted by atomic mass is 35.5. The molecule has 0 saturated carbocycles. The molecule has 12 heteroatoms. The molecule has 1 aromatic carbocycles. The predicted octanol–water partition coefficient (Wildman–Crippen LogP) is 3.64. The molecule has 0 radical (unpaired) electrons. The number of methoxy groups -OCH3 is 1. The fraction of sp³-hybridized carbons (Fsp3) is 0.389. The summed E-state index contributed by atoms with van der Waals surface area (Å²) in [5.41, 5.74) is -0.691. The van der Waals surface area contributed by atoms with Crippen LogP contribution in [-0.2, 0) is 19.3 Å². The van der Waals surface area contributed by atoms with Gasteiger partial charge in [0.05, 0.1) is 28.4 Å². The van der Waals surface area contributed by atoms with Gasteiger partial charge in [0, 0.05) is 11.7 Å². The third-order valence-electron chi connectivity index (χ3n) is 5.07. The highest BCUT2D eigenvalue weighted by Crippen LogP contribution is 2.37. The normalized spacial score (nSPS) is 17.8. The van der Waals surface area contributed by atoms with Crippen LogP contribution in [0.4, 0.5) is 10.1 Å². The van der Waals surface area contributed by atoms with Crippen LogP contribution < -0.4 is 14.9 Å². The molecule has 2 heterocycles. The second-order valence-corrected chi connectivity index (χ2v) is 10.2. The molecule has 2 aromatic rings. The van der Waals surface area contributed by atoms with Crippen molar-refractivity contribution in [3.05, 3.63) is 40.3 Å². The van der Waals surface area contributed by atoms with Crippen LogP contribution in [0.5, 0.6) is 5.88 Å². The minimum atomic E-state index is -4.29. The first kappa shape index (κ1) is 23.1. The Hall–Kier alpha value is -1.59. The number of pyridine rings is 1. The largest absolute Gasteiger partial charge is 0.496 e. The van der Waals surface area contributed by atoms with Gasteiger partial charge >= 0.3 is 7.12 Å². The van der Waals surface area contributed by atoms with Gasteiger partial charge in [0.1, 0.15) is 16.4 Å². The molecular weight excluding hydrogens is 457 g/mol. The quantitative estimate of drug-likeness (QED) is 0.663. The summed E-state index contributed by atoms with van der Waals surface area (Å²) in [6.45, 7) is 7.58. The van der Waals surface area contributed by atoms with E-state index in [-0.39, 0.29) is 21.6 Å². The van der Waals surface area contributed by atoms with Crippen molar-refractivity contribution >= 4 is 51.5 Å². The molecule has 1 aliphatic heterocycles. The van der Waals surface area contributed by atoms with Gasteiger partial charge in [0.25, 0.3) is 10.0 Å². The summed E-state index contributed by atoms with van der Waals surface area (Å²) in [6.07, 6.45) is 1.47. The Morgan fingerprint density at radius 3 is 2.13 bits per heavy atom. The van der Waals surface area contributed by atoms with Crippen molar-refractivity contribution < 1.29 is 26.9 Å². The van der Waals surface area contributed by atoms with Crippen molar-refractivity contribution in [2.45, 2.75) is 43.8 Å². The number of benzene rings is 1. The molecule has 7 nitrogen and oxygen atoms in total. The first-order chi connectivity index (χ1) is 13.8. The Kier molecular flexibility index (Phi) is 6.03. The fourth-order valence-corrected chi connectivity index (χ4v) is 5.03. The summed E-state index contributed by atoms with van der Waals surface area (Å²) in [7, 11) is -3.72. The summed E-state index contributed by atoms with van der Waals surface area (Å²) in [4.78, 5) is 3.68. The number of hydrogen-bond donors (Lipinski definition) is 1. The van der Waals surface area contributed by atoms with Crippen molar-refractivity contribution in [1.82, 2.24) is 4.98 Å². The number of sulfonamides is 1. The second-order valence-electron chi connectivity index (χ2n) is 7.72. The van der Waals surface area contributed by atoms with E-state index >= 15 is 0 Å². The SMILES string of the molecule is COc1ncc(B2OC(C)(C)C(C)(C)O2)cc1NS(=O)(=O)c1c(Cl)cc(F)cc1Cl. The zero-order valence-corrected chi connectivity index (χ0v) is 19.2. The molecule has 0 bridgehead atoms. The Labute approximate surface area is 185 Å². The maximum absolute atomic E-state index is 13.5. The molecule has 30 heavy (non-hydrogen) atoms. The molecule has 162 valence electrons. The number of halogens is 3. The molecule has 1 saturated heterocycles. The Bertz CT molecular complexity index is 1060. The van der Waals surface area contributed by atoms with Crippen LogP contribution in [0.15, 0.2) is 29.3 Å². The van der Waals surface area contributed by atoms with E-state index < -0.39 is 39.1 Å². The number of hydrogen-bond acceptors (Lipinski definition) is 6. The topological polar surface area (TPSA) is 86.8 Å². The summed E-state index contributed by atoms with van der Waals surface area (Å²) in [5.74, 6) is -0.751. The molecular formula is C18H20BCl2FN2O5S. The lowest BCUT2D eigenvalue weighted by Crippen LogP contribution is -2.41. The zero-order chi connectivity index (χ0) is 22.5. The Morgan fingerprint density at radius 2 is 1.63 bits per heavy atom. The average Bonchev–Trinajstić information content (AvgIpc) is 2.81. The van der Waals surface area contributed by atoms with E-state index in [1.54, 1.807) is 0 Å². The van der Waals surface area contributed by atoms with E-state index in [1.165, 1.54) is 19.4 Å². The lowest BCUT2D eigenvalue weighted by molar-refractivity contribution is 0.00578. The lowest BCUT2D eigenvalue weighted by atomic mass is 9.80. The van der Waals surface area contributed by atoms with E-state index in [1.807, 2.05) is 27.7 Å². The van der Waals surface area contributed by atoms with Gasteiger partial charge < -0.3 is 14.0 Å². The first-order valence-corrected chi connectivity index (χ1v) is 11.1. The van der Waals surface area contributed by atoms with E-state index in [4.69, 9.17) is 37.2 Å². The third kappa shape index (κ3) is 4.24. The fourth-order valence-electron chi connectivity index (χ4n) is 2.79. The monoisotopic (exact) mass is 476 g/mol. The van der Waals surface area contributed by atoms with Crippen molar-refractivity contribution in [3.63, 3.8) is 0 Å².